The van der Waals surface area contributed by atoms with Gasteiger partial charge in [0.2, 0.25) is 0 Å². The van der Waals surface area contributed by atoms with Crippen molar-refractivity contribution in [2.75, 3.05) is 39.3 Å². The Morgan fingerprint density at radius 3 is 2.61 bits per heavy atom. The summed E-state index contributed by atoms with van der Waals surface area (Å²) >= 11 is 0. The number of fused-ring (bicyclic) bond motifs is 2. The molecule has 1 aliphatic rings. The van der Waals surface area contributed by atoms with Crippen molar-refractivity contribution in [3.63, 3.8) is 0 Å². The van der Waals surface area contributed by atoms with Gasteiger partial charge in [0.15, 0.2) is 11.5 Å². The lowest BCUT2D eigenvalue weighted by molar-refractivity contribution is 0.185. The maximum absolute atomic E-state index is 11.8. The summed E-state index contributed by atoms with van der Waals surface area (Å²) in [6, 6.07) is 12.6. The van der Waals surface area contributed by atoms with Gasteiger partial charge in [0.25, 0.3) is 0 Å². The van der Waals surface area contributed by atoms with Crippen molar-refractivity contribution >= 4 is 20.7 Å². The van der Waals surface area contributed by atoms with Gasteiger partial charge in [-0.1, -0.05) is 18.2 Å². The fraction of sp³-hybridized carbons (Fsp3) is 0.417. The Balaban J connectivity index is 1.65. The van der Waals surface area contributed by atoms with Gasteiger partial charge in [-0.2, -0.15) is 0 Å². The number of para-hydroxylation sites is 1. The highest BCUT2D eigenvalue weighted by atomic mass is 32.2. The summed E-state index contributed by atoms with van der Waals surface area (Å²) in [4.78, 5) is 5.66. The van der Waals surface area contributed by atoms with E-state index in [4.69, 9.17) is 9.47 Å². The van der Waals surface area contributed by atoms with Gasteiger partial charge in [-0.05, 0) is 54.2 Å². The maximum atomic E-state index is 11.8. The molecule has 166 valence electrons. The Kier molecular flexibility index (Phi) is 6.25. The number of rotatable bonds is 8. The Morgan fingerprint density at radius 1 is 1.13 bits per heavy atom. The molecule has 7 heteroatoms. The summed E-state index contributed by atoms with van der Waals surface area (Å²) in [5.74, 6) is 1.61. The molecular formula is C24H30N2O4S. The third-order valence-corrected chi connectivity index (χ3v) is 7.15. The van der Waals surface area contributed by atoms with Crippen molar-refractivity contribution in [3.8, 4) is 11.5 Å². The number of hydrogen-bond acceptors (Lipinski definition) is 5. The standard InChI is InChI=1S/C24H30N2O4S/c1-29-23-14-17-10-11-26(12-13-31(3,27)28)22(20(17)15-24(23)30-2)9-8-18-16-25-21-7-5-4-6-19(18)21/h4-7,14-16,22,25H,8-13H2,1-3H3/t22-/m1/s1. The monoisotopic (exact) mass is 442 g/mol. The molecule has 1 atom stereocenters. The molecule has 31 heavy (non-hydrogen) atoms. The number of H-pyrrole nitrogens is 1. The second-order valence-electron chi connectivity index (χ2n) is 8.24. The zero-order valence-corrected chi connectivity index (χ0v) is 19.2. The number of aryl methyl sites for hydroxylation is 1. The largest absolute Gasteiger partial charge is 0.493 e. The first-order chi connectivity index (χ1) is 14.9. The number of aromatic nitrogens is 1. The SMILES string of the molecule is COc1cc2c(cc1OC)[C@@H](CCc1c[nH]c3ccccc13)N(CCS(C)(=O)=O)CC2. The van der Waals surface area contributed by atoms with E-state index in [1.165, 1.54) is 28.3 Å². The molecular weight excluding hydrogens is 412 g/mol. The summed E-state index contributed by atoms with van der Waals surface area (Å²) in [5, 5.41) is 1.24. The summed E-state index contributed by atoms with van der Waals surface area (Å²) in [6.45, 7) is 1.36. The van der Waals surface area contributed by atoms with E-state index < -0.39 is 9.84 Å². The minimum Gasteiger partial charge on any atom is -0.493 e. The molecule has 0 radical (unpaired) electrons. The van der Waals surface area contributed by atoms with Crippen LogP contribution in [0, 0.1) is 0 Å². The molecule has 0 fully saturated rings. The first kappa shape index (κ1) is 21.7. The summed E-state index contributed by atoms with van der Waals surface area (Å²) in [6.07, 6.45) is 6.05. The maximum Gasteiger partial charge on any atom is 0.161 e. The summed E-state index contributed by atoms with van der Waals surface area (Å²) in [5.41, 5.74) is 4.88. The van der Waals surface area contributed by atoms with E-state index in [1.807, 2.05) is 6.07 Å². The third-order valence-electron chi connectivity index (χ3n) is 6.22. The molecule has 0 saturated carbocycles. The molecule has 1 aliphatic heterocycles. The van der Waals surface area contributed by atoms with Crippen LogP contribution in [0.25, 0.3) is 10.9 Å². The Hall–Kier alpha value is -2.51. The number of sulfone groups is 1. The quantitative estimate of drug-likeness (QED) is 0.575. The van der Waals surface area contributed by atoms with E-state index in [-0.39, 0.29) is 11.8 Å². The minimum atomic E-state index is -3.03. The van der Waals surface area contributed by atoms with Gasteiger partial charge in [0.05, 0.1) is 20.0 Å². The number of methoxy groups -OCH3 is 2. The second kappa shape index (κ2) is 8.93. The third kappa shape index (κ3) is 4.72. The van der Waals surface area contributed by atoms with E-state index in [9.17, 15) is 8.42 Å². The molecule has 1 aromatic heterocycles. The van der Waals surface area contributed by atoms with Crippen LogP contribution in [-0.4, -0.2) is 57.6 Å². The fourth-order valence-electron chi connectivity index (χ4n) is 4.60. The molecule has 0 saturated heterocycles. The van der Waals surface area contributed by atoms with Crippen molar-refractivity contribution in [3.05, 3.63) is 59.3 Å². The van der Waals surface area contributed by atoms with Gasteiger partial charge in [0, 0.05) is 42.5 Å². The van der Waals surface area contributed by atoms with Crippen molar-refractivity contribution in [2.45, 2.75) is 25.3 Å². The van der Waals surface area contributed by atoms with Crippen LogP contribution in [0.4, 0.5) is 0 Å². The highest BCUT2D eigenvalue weighted by Crippen LogP contribution is 2.40. The van der Waals surface area contributed by atoms with E-state index in [0.29, 0.717) is 12.3 Å². The van der Waals surface area contributed by atoms with Gasteiger partial charge >= 0.3 is 0 Å². The van der Waals surface area contributed by atoms with Gasteiger partial charge in [-0.25, -0.2) is 8.42 Å². The Labute approximate surface area is 184 Å². The Bertz CT molecular complexity index is 1170. The highest BCUT2D eigenvalue weighted by Gasteiger charge is 2.29. The molecule has 0 bridgehead atoms. The number of nitrogens with one attached hydrogen (secondary N) is 1. The lowest BCUT2D eigenvalue weighted by Crippen LogP contribution is -2.38. The first-order valence-corrected chi connectivity index (χ1v) is 12.7. The van der Waals surface area contributed by atoms with Crippen LogP contribution in [0.15, 0.2) is 42.6 Å². The molecule has 2 aromatic carbocycles. The zero-order chi connectivity index (χ0) is 22.0. The van der Waals surface area contributed by atoms with Crippen LogP contribution in [0.2, 0.25) is 0 Å². The van der Waals surface area contributed by atoms with Gasteiger partial charge in [-0.15, -0.1) is 0 Å². The number of nitrogens with zero attached hydrogens (tertiary/aromatic N) is 1. The summed E-state index contributed by atoms with van der Waals surface area (Å²) in [7, 11) is 0.275. The molecule has 0 aliphatic carbocycles. The average molecular weight is 443 g/mol. The normalized spacial score (nSPS) is 16.9. The fourth-order valence-corrected chi connectivity index (χ4v) is 5.17. The van der Waals surface area contributed by atoms with E-state index in [0.717, 1.165) is 37.1 Å². The number of aromatic amines is 1. The van der Waals surface area contributed by atoms with Crippen molar-refractivity contribution in [2.24, 2.45) is 0 Å². The number of benzene rings is 2. The molecule has 0 spiro atoms. The van der Waals surface area contributed by atoms with Gasteiger partial charge < -0.3 is 14.5 Å². The van der Waals surface area contributed by atoms with E-state index >= 15 is 0 Å². The van der Waals surface area contributed by atoms with E-state index in [1.54, 1.807) is 14.2 Å². The predicted octanol–water partition coefficient (Wildman–Crippen LogP) is 3.76. The highest BCUT2D eigenvalue weighted by molar-refractivity contribution is 7.90. The predicted molar refractivity (Wildman–Crippen MR) is 124 cm³/mol. The van der Waals surface area contributed by atoms with Crippen LogP contribution in [-0.2, 0) is 22.7 Å². The molecule has 2 heterocycles. The van der Waals surface area contributed by atoms with Crippen LogP contribution in [0.3, 0.4) is 0 Å². The summed E-state index contributed by atoms with van der Waals surface area (Å²) < 4.78 is 34.7. The molecule has 0 unspecified atom stereocenters. The Morgan fingerprint density at radius 2 is 1.87 bits per heavy atom. The van der Waals surface area contributed by atoms with E-state index in [2.05, 4.69) is 46.4 Å². The van der Waals surface area contributed by atoms with Gasteiger partial charge in [-0.3, -0.25) is 4.90 Å². The van der Waals surface area contributed by atoms with Crippen molar-refractivity contribution < 1.29 is 17.9 Å². The molecule has 6 nitrogen and oxygen atoms in total. The van der Waals surface area contributed by atoms with Crippen LogP contribution < -0.4 is 9.47 Å². The van der Waals surface area contributed by atoms with Crippen molar-refractivity contribution in [1.82, 2.24) is 9.88 Å². The number of hydrogen-bond donors (Lipinski definition) is 1. The van der Waals surface area contributed by atoms with Gasteiger partial charge in [0.1, 0.15) is 9.84 Å². The molecule has 1 N–H and O–H groups in total. The topological polar surface area (TPSA) is 71.6 Å². The molecule has 3 aromatic rings. The van der Waals surface area contributed by atoms with Crippen molar-refractivity contribution in [1.29, 1.82) is 0 Å². The van der Waals surface area contributed by atoms with Crippen LogP contribution in [0.1, 0.15) is 29.2 Å². The lowest BCUT2D eigenvalue weighted by Gasteiger charge is -2.38. The molecule has 4 rings (SSSR count). The molecule has 0 amide bonds. The smallest absolute Gasteiger partial charge is 0.161 e. The zero-order valence-electron chi connectivity index (χ0n) is 18.3. The average Bonchev–Trinajstić information content (AvgIpc) is 3.17. The number of ether oxygens (including phenoxy) is 2. The minimum absolute atomic E-state index is 0.124. The van der Waals surface area contributed by atoms with Crippen LogP contribution >= 0.6 is 0 Å². The lowest BCUT2D eigenvalue weighted by atomic mass is 9.88. The second-order valence-corrected chi connectivity index (χ2v) is 10.5. The van der Waals surface area contributed by atoms with Crippen LogP contribution in [0.5, 0.6) is 11.5 Å². The first-order valence-electron chi connectivity index (χ1n) is 10.6.